The molecule has 5 nitrogen and oxygen atoms in total. The number of quaternary nitrogens is 1. The number of amides is 1. The molecule has 0 fully saturated rings. The average Bonchev–Trinajstić information content (AvgIpc) is 2.60. The van der Waals surface area contributed by atoms with Crippen molar-refractivity contribution in [3.63, 3.8) is 0 Å². The maximum Gasteiger partial charge on any atom is 0.297 e. The average molecular weight is 312 g/mol. The summed E-state index contributed by atoms with van der Waals surface area (Å²) in [6.07, 6.45) is 0.566. The molecule has 0 aliphatic rings. The van der Waals surface area contributed by atoms with Crippen LogP contribution in [0.15, 0.2) is 54.6 Å². The van der Waals surface area contributed by atoms with Gasteiger partial charge in [-0.1, -0.05) is 42.5 Å². The summed E-state index contributed by atoms with van der Waals surface area (Å²) in [6, 6.07) is 17.3. The SMILES string of the molecule is C[NH2+]C(=N)NC(=O)C(Cc1ccc(OC)cc1)c1ccccc1. The number of hydrogen-bond donors (Lipinski definition) is 3. The standard InChI is InChI=1S/C18H21N3O2/c1-20-18(19)21-17(22)16(14-6-4-3-5-7-14)12-13-8-10-15(23-2)11-9-13/h3-11,16H,12H2,1-2H3,(H3,19,20,21,22)/p+1. The summed E-state index contributed by atoms with van der Waals surface area (Å²) < 4.78 is 5.16. The Morgan fingerprint density at radius 3 is 2.39 bits per heavy atom. The number of ether oxygens (including phenoxy) is 1. The molecule has 4 N–H and O–H groups in total. The Kier molecular flexibility index (Phi) is 5.88. The quantitative estimate of drug-likeness (QED) is 0.574. The summed E-state index contributed by atoms with van der Waals surface area (Å²) in [4.78, 5) is 12.5. The number of hydrogen-bond acceptors (Lipinski definition) is 3. The van der Waals surface area contributed by atoms with Crippen molar-refractivity contribution in [3.05, 3.63) is 65.7 Å². The van der Waals surface area contributed by atoms with E-state index in [1.54, 1.807) is 19.5 Å². The highest BCUT2D eigenvalue weighted by Gasteiger charge is 2.22. The van der Waals surface area contributed by atoms with Crippen LogP contribution in [-0.2, 0) is 11.2 Å². The molecule has 0 aliphatic heterocycles. The van der Waals surface area contributed by atoms with E-state index in [1.807, 2.05) is 54.6 Å². The van der Waals surface area contributed by atoms with Crippen molar-refractivity contribution in [1.82, 2.24) is 5.32 Å². The van der Waals surface area contributed by atoms with Gasteiger partial charge >= 0.3 is 0 Å². The van der Waals surface area contributed by atoms with Crippen LogP contribution in [0.4, 0.5) is 0 Å². The third-order valence-corrected chi connectivity index (χ3v) is 3.66. The maximum absolute atomic E-state index is 12.5. The van der Waals surface area contributed by atoms with Gasteiger partial charge in [0, 0.05) is 0 Å². The van der Waals surface area contributed by atoms with Gasteiger partial charge in [0.2, 0.25) is 5.91 Å². The van der Waals surface area contributed by atoms with Crippen molar-refractivity contribution in [3.8, 4) is 5.75 Å². The summed E-state index contributed by atoms with van der Waals surface area (Å²) in [7, 11) is 3.35. The zero-order valence-electron chi connectivity index (χ0n) is 13.4. The van der Waals surface area contributed by atoms with Gasteiger partial charge in [0.05, 0.1) is 20.1 Å². The summed E-state index contributed by atoms with van der Waals surface area (Å²) >= 11 is 0. The van der Waals surface area contributed by atoms with Crippen molar-refractivity contribution in [1.29, 1.82) is 5.41 Å². The van der Waals surface area contributed by atoms with Crippen LogP contribution in [0.1, 0.15) is 17.0 Å². The molecule has 5 heteroatoms. The van der Waals surface area contributed by atoms with Crippen molar-refractivity contribution in [2.24, 2.45) is 0 Å². The maximum atomic E-state index is 12.5. The third-order valence-electron chi connectivity index (χ3n) is 3.66. The van der Waals surface area contributed by atoms with Crippen molar-refractivity contribution >= 4 is 11.9 Å². The van der Waals surface area contributed by atoms with Gasteiger partial charge in [-0.2, -0.15) is 0 Å². The van der Waals surface area contributed by atoms with E-state index in [1.165, 1.54) is 0 Å². The second-order valence-corrected chi connectivity index (χ2v) is 5.21. The third kappa shape index (κ3) is 4.66. The number of nitrogens with one attached hydrogen (secondary N) is 2. The molecule has 1 unspecified atom stereocenters. The van der Waals surface area contributed by atoms with E-state index in [4.69, 9.17) is 10.1 Å². The zero-order chi connectivity index (χ0) is 16.7. The second-order valence-electron chi connectivity index (χ2n) is 5.21. The predicted octanol–water partition coefficient (Wildman–Crippen LogP) is 1.27. The fraction of sp³-hybridized carbons (Fsp3) is 0.222. The topological polar surface area (TPSA) is 78.8 Å². The Morgan fingerprint density at radius 2 is 1.83 bits per heavy atom. The van der Waals surface area contributed by atoms with Crippen LogP contribution in [0.25, 0.3) is 0 Å². The molecule has 2 aromatic carbocycles. The molecule has 2 rings (SSSR count). The van der Waals surface area contributed by atoms with E-state index in [0.29, 0.717) is 6.42 Å². The van der Waals surface area contributed by atoms with E-state index >= 15 is 0 Å². The molecule has 0 saturated carbocycles. The summed E-state index contributed by atoms with van der Waals surface area (Å²) in [5, 5.41) is 11.9. The lowest BCUT2D eigenvalue weighted by Crippen LogP contribution is -2.87. The van der Waals surface area contributed by atoms with Crippen LogP contribution in [0.5, 0.6) is 5.75 Å². The van der Waals surface area contributed by atoms with Crippen molar-refractivity contribution in [2.45, 2.75) is 12.3 Å². The second kappa shape index (κ2) is 8.10. The molecule has 23 heavy (non-hydrogen) atoms. The molecule has 0 bridgehead atoms. The largest absolute Gasteiger partial charge is 0.497 e. The molecule has 0 saturated heterocycles. The number of benzene rings is 2. The molecule has 2 aromatic rings. The van der Waals surface area contributed by atoms with E-state index < -0.39 is 0 Å². The Morgan fingerprint density at radius 1 is 1.17 bits per heavy atom. The number of carbonyl (C=O) groups is 1. The Bertz CT molecular complexity index is 654. The minimum absolute atomic E-state index is 0.116. The molecule has 1 amide bonds. The van der Waals surface area contributed by atoms with Gasteiger partial charge in [-0.3, -0.25) is 15.4 Å². The number of nitrogens with two attached hydrogens (primary N) is 1. The highest BCUT2D eigenvalue weighted by molar-refractivity contribution is 5.95. The normalized spacial score (nSPS) is 11.6. The number of guanidine groups is 1. The first-order valence-electron chi connectivity index (χ1n) is 7.50. The Labute approximate surface area is 136 Å². The lowest BCUT2D eigenvalue weighted by atomic mass is 9.91. The van der Waals surface area contributed by atoms with Gasteiger partial charge < -0.3 is 4.74 Å². The fourth-order valence-electron chi connectivity index (χ4n) is 2.34. The number of carbonyl (C=O) groups excluding carboxylic acids is 1. The molecule has 1 atom stereocenters. The van der Waals surface area contributed by atoms with Crippen LogP contribution < -0.4 is 15.4 Å². The molecule has 120 valence electrons. The van der Waals surface area contributed by atoms with E-state index in [9.17, 15) is 4.79 Å². The van der Waals surface area contributed by atoms with E-state index in [-0.39, 0.29) is 17.8 Å². The fourth-order valence-corrected chi connectivity index (χ4v) is 2.34. The Hall–Kier alpha value is -2.66. The summed E-state index contributed by atoms with van der Waals surface area (Å²) in [6.45, 7) is 0. The molecule has 0 aromatic heterocycles. The lowest BCUT2D eigenvalue weighted by Gasteiger charge is -2.17. The van der Waals surface area contributed by atoms with Crippen LogP contribution in [-0.4, -0.2) is 26.0 Å². The molecule has 0 spiro atoms. The van der Waals surface area contributed by atoms with Gasteiger partial charge in [0.25, 0.3) is 5.96 Å². The monoisotopic (exact) mass is 312 g/mol. The first kappa shape index (κ1) is 16.7. The molecule has 0 heterocycles. The zero-order valence-corrected chi connectivity index (χ0v) is 13.4. The molecule has 0 radical (unpaired) electrons. The van der Waals surface area contributed by atoms with Crippen LogP contribution >= 0.6 is 0 Å². The molecular weight excluding hydrogens is 290 g/mol. The predicted molar refractivity (Wildman–Crippen MR) is 89.6 cm³/mol. The molecule has 0 aliphatic carbocycles. The van der Waals surface area contributed by atoms with Crippen LogP contribution in [0.3, 0.4) is 0 Å². The van der Waals surface area contributed by atoms with Crippen molar-refractivity contribution < 1.29 is 14.8 Å². The van der Waals surface area contributed by atoms with Gasteiger partial charge in [0.15, 0.2) is 0 Å². The lowest BCUT2D eigenvalue weighted by molar-refractivity contribution is -0.511. The van der Waals surface area contributed by atoms with E-state index in [2.05, 4.69) is 5.32 Å². The highest BCUT2D eigenvalue weighted by atomic mass is 16.5. The smallest absolute Gasteiger partial charge is 0.297 e. The highest BCUT2D eigenvalue weighted by Crippen LogP contribution is 2.22. The number of methoxy groups -OCH3 is 1. The van der Waals surface area contributed by atoms with Gasteiger partial charge in [-0.25, -0.2) is 5.41 Å². The first-order chi connectivity index (χ1) is 11.1. The van der Waals surface area contributed by atoms with E-state index in [0.717, 1.165) is 16.9 Å². The minimum atomic E-state index is -0.343. The van der Waals surface area contributed by atoms with Crippen LogP contribution in [0.2, 0.25) is 0 Å². The van der Waals surface area contributed by atoms with Crippen molar-refractivity contribution in [2.75, 3.05) is 14.2 Å². The van der Waals surface area contributed by atoms with Crippen LogP contribution in [0, 0.1) is 5.41 Å². The summed E-state index contributed by atoms with van der Waals surface area (Å²) in [5.41, 5.74) is 1.98. The molecular formula is C18H22N3O2+. The van der Waals surface area contributed by atoms with Gasteiger partial charge in [-0.15, -0.1) is 0 Å². The first-order valence-corrected chi connectivity index (χ1v) is 7.50. The Balaban J connectivity index is 2.22. The minimum Gasteiger partial charge on any atom is -0.497 e. The van der Waals surface area contributed by atoms with Gasteiger partial charge in [-0.05, 0) is 29.7 Å². The summed E-state index contributed by atoms with van der Waals surface area (Å²) in [5.74, 6) is 0.391. The number of rotatable bonds is 5. The van der Waals surface area contributed by atoms with Gasteiger partial charge in [0.1, 0.15) is 5.75 Å².